The summed E-state index contributed by atoms with van der Waals surface area (Å²) in [4.78, 5) is 10.6. The van der Waals surface area contributed by atoms with Crippen molar-refractivity contribution >= 4 is 5.97 Å². The summed E-state index contributed by atoms with van der Waals surface area (Å²) in [5, 5.41) is 0. The summed E-state index contributed by atoms with van der Waals surface area (Å²) >= 11 is 0. The molecule has 0 radical (unpaired) electrons. The number of nitrogens with two attached hydrogens (primary N) is 1. The minimum atomic E-state index is -0.403. The standard InChI is InChI=1S/C9H17NO3/c1-3-8(10)12-6-5-7-13-9(11)4-2/h4,8H,2-3,5-7,10H2,1H3. The second-order valence-electron chi connectivity index (χ2n) is 2.54. The molecular formula is C9H17NO3. The molecule has 0 rings (SSSR count). The fraction of sp³-hybridized carbons (Fsp3) is 0.667. The number of hydrogen-bond donors (Lipinski definition) is 1. The molecule has 1 unspecified atom stereocenters. The zero-order chi connectivity index (χ0) is 10.1. The number of hydrogen-bond acceptors (Lipinski definition) is 4. The molecule has 0 amide bonds. The molecule has 0 bridgehead atoms. The lowest BCUT2D eigenvalue weighted by Crippen LogP contribution is -2.23. The molecule has 13 heavy (non-hydrogen) atoms. The van der Waals surface area contributed by atoms with Gasteiger partial charge in [-0.2, -0.15) is 0 Å². The maximum Gasteiger partial charge on any atom is 0.330 e. The summed E-state index contributed by atoms with van der Waals surface area (Å²) < 4.78 is 9.90. The van der Waals surface area contributed by atoms with Gasteiger partial charge in [-0.05, 0) is 6.42 Å². The van der Waals surface area contributed by atoms with Crippen LogP contribution in [-0.2, 0) is 14.3 Å². The average molecular weight is 187 g/mol. The highest BCUT2D eigenvalue weighted by Crippen LogP contribution is 1.92. The minimum absolute atomic E-state index is 0.213. The van der Waals surface area contributed by atoms with Gasteiger partial charge in [0.15, 0.2) is 0 Å². The van der Waals surface area contributed by atoms with Gasteiger partial charge in [-0.1, -0.05) is 13.5 Å². The van der Waals surface area contributed by atoms with Gasteiger partial charge in [0, 0.05) is 12.5 Å². The Kier molecular flexibility index (Phi) is 7.24. The molecule has 4 heteroatoms. The van der Waals surface area contributed by atoms with E-state index in [4.69, 9.17) is 15.2 Å². The van der Waals surface area contributed by atoms with Gasteiger partial charge in [0.2, 0.25) is 0 Å². The van der Waals surface area contributed by atoms with Crippen LogP contribution in [0.15, 0.2) is 12.7 Å². The largest absolute Gasteiger partial charge is 0.462 e. The van der Waals surface area contributed by atoms with Gasteiger partial charge in [-0.3, -0.25) is 0 Å². The van der Waals surface area contributed by atoms with Crippen LogP contribution in [0.3, 0.4) is 0 Å². The molecule has 0 aliphatic heterocycles. The zero-order valence-corrected chi connectivity index (χ0v) is 7.99. The minimum Gasteiger partial charge on any atom is -0.462 e. The summed E-state index contributed by atoms with van der Waals surface area (Å²) in [5.74, 6) is -0.403. The third kappa shape index (κ3) is 7.49. The SMILES string of the molecule is C=CC(=O)OCCCOC(N)CC. The van der Waals surface area contributed by atoms with E-state index in [0.29, 0.717) is 19.6 Å². The van der Waals surface area contributed by atoms with E-state index in [2.05, 4.69) is 6.58 Å². The van der Waals surface area contributed by atoms with Crippen LogP contribution in [-0.4, -0.2) is 25.4 Å². The fourth-order valence-corrected chi connectivity index (χ4v) is 0.643. The Bertz CT molecular complexity index is 159. The van der Waals surface area contributed by atoms with Crippen molar-refractivity contribution in [2.75, 3.05) is 13.2 Å². The van der Waals surface area contributed by atoms with Crippen molar-refractivity contribution in [1.82, 2.24) is 0 Å². The number of rotatable bonds is 7. The average Bonchev–Trinajstić information content (AvgIpc) is 2.16. The molecule has 0 aliphatic rings. The van der Waals surface area contributed by atoms with Crippen molar-refractivity contribution in [1.29, 1.82) is 0 Å². The number of carbonyl (C=O) groups excluding carboxylic acids is 1. The van der Waals surface area contributed by atoms with Crippen molar-refractivity contribution in [3.8, 4) is 0 Å². The van der Waals surface area contributed by atoms with Crippen LogP contribution in [0.25, 0.3) is 0 Å². The van der Waals surface area contributed by atoms with Crippen molar-refractivity contribution < 1.29 is 14.3 Å². The normalized spacial score (nSPS) is 12.2. The Morgan fingerprint density at radius 2 is 2.31 bits per heavy atom. The third-order valence-electron chi connectivity index (χ3n) is 1.43. The fourth-order valence-electron chi connectivity index (χ4n) is 0.643. The Morgan fingerprint density at radius 1 is 1.62 bits per heavy atom. The van der Waals surface area contributed by atoms with E-state index in [1.54, 1.807) is 0 Å². The molecule has 0 aliphatic carbocycles. The van der Waals surface area contributed by atoms with Crippen molar-refractivity contribution in [3.63, 3.8) is 0 Å². The summed E-state index contributed by atoms with van der Waals surface area (Å²) in [5.41, 5.74) is 5.50. The third-order valence-corrected chi connectivity index (χ3v) is 1.43. The van der Waals surface area contributed by atoms with Crippen LogP contribution in [0, 0.1) is 0 Å². The van der Waals surface area contributed by atoms with Gasteiger partial charge in [-0.25, -0.2) is 4.79 Å². The number of ether oxygens (including phenoxy) is 2. The van der Waals surface area contributed by atoms with E-state index in [0.717, 1.165) is 12.5 Å². The topological polar surface area (TPSA) is 61.5 Å². The number of esters is 1. The summed E-state index contributed by atoms with van der Waals surface area (Å²) in [7, 11) is 0. The summed E-state index contributed by atoms with van der Waals surface area (Å²) in [6.07, 6.45) is 2.37. The second kappa shape index (κ2) is 7.76. The zero-order valence-electron chi connectivity index (χ0n) is 7.99. The Hall–Kier alpha value is -0.870. The Balaban J connectivity index is 3.17. The lowest BCUT2D eigenvalue weighted by molar-refractivity contribution is -0.138. The first-order chi connectivity index (χ1) is 6.20. The molecular weight excluding hydrogens is 170 g/mol. The molecule has 2 N–H and O–H groups in total. The smallest absolute Gasteiger partial charge is 0.330 e. The van der Waals surface area contributed by atoms with Crippen LogP contribution in [0.1, 0.15) is 19.8 Å². The first kappa shape index (κ1) is 12.1. The molecule has 0 fully saturated rings. The molecule has 0 aromatic carbocycles. The predicted octanol–water partition coefficient (Wildman–Crippen LogP) is 0.817. The van der Waals surface area contributed by atoms with Crippen molar-refractivity contribution in [2.45, 2.75) is 26.0 Å². The van der Waals surface area contributed by atoms with Crippen LogP contribution >= 0.6 is 0 Å². The predicted molar refractivity (Wildman–Crippen MR) is 50.0 cm³/mol. The Morgan fingerprint density at radius 3 is 2.85 bits per heavy atom. The maximum absolute atomic E-state index is 10.6. The lowest BCUT2D eigenvalue weighted by Gasteiger charge is -2.09. The molecule has 0 aromatic heterocycles. The molecule has 76 valence electrons. The van der Waals surface area contributed by atoms with Gasteiger partial charge < -0.3 is 15.2 Å². The number of carbonyl (C=O) groups is 1. The van der Waals surface area contributed by atoms with E-state index in [1.165, 1.54) is 0 Å². The van der Waals surface area contributed by atoms with E-state index >= 15 is 0 Å². The Labute approximate surface area is 78.7 Å². The highest BCUT2D eigenvalue weighted by Gasteiger charge is 1.98. The molecule has 0 spiro atoms. The molecule has 0 heterocycles. The second-order valence-corrected chi connectivity index (χ2v) is 2.54. The van der Waals surface area contributed by atoms with Crippen LogP contribution in [0.4, 0.5) is 0 Å². The van der Waals surface area contributed by atoms with E-state index in [1.807, 2.05) is 6.92 Å². The quantitative estimate of drug-likeness (QED) is 0.277. The van der Waals surface area contributed by atoms with Crippen molar-refractivity contribution in [3.05, 3.63) is 12.7 Å². The van der Waals surface area contributed by atoms with Gasteiger partial charge in [0.05, 0.1) is 13.2 Å². The van der Waals surface area contributed by atoms with E-state index in [-0.39, 0.29) is 6.23 Å². The molecule has 0 saturated heterocycles. The first-order valence-electron chi connectivity index (χ1n) is 4.37. The van der Waals surface area contributed by atoms with Gasteiger partial charge in [0.25, 0.3) is 0 Å². The van der Waals surface area contributed by atoms with E-state index < -0.39 is 5.97 Å². The van der Waals surface area contributed by atoms with Crippen molar-refractivity contribution in [2.24, 2.45) is 5.73 Å². The van der Waals surface area contributed by atoms with Gasteiger partial charge in [0.1, 0.15) is 6.23 Å². The van der Waals surface area contributed by atoms with Gasteiger partial charge in [-0.15, -0.1) is 0 Å². The molecule has 4 nitrogen and oxygen atoms in total. The highest BCUT2D eigenvalue weighted by atomic mass is 16.5. The molecule has 1 atom stereocenters. The molecule has 0 saturated carbocycles. The summed E-state index contributed by atoms with van der Waals surface area (Å²) in [6, 6.07) is 0. The van der Waals surface area contributed by atoms with Crippen LogP contribution < -0.4 is 5.73 Å². The maximum atomic E-state index is 10.6. The lowest BCUT2D eigenvalue weighted by atomic mass is 10.4. The monoisotopic (exact) mass is 187 g/mol. The van der Waals surface area contributed by atoms with Crippen LogP contribution in [0.5, 0.6) is 0 Å². The summed E-state index contributed by atoms with van der Waals surface area (Å²) in [6.45, 7) is 6.08. The first-order valence-corrected chi connectivity index (χ1v) is 4.37. The molecule has 0 aromatic rings. The van der Waals surface area contributed by atoms with Crippen LogP contribution in [0.2, 0.25) is 0 Å². The van der Waals surface area contributed by atoms with E-state index in [9.17, 15) is 4.79 Å². The highest BCUT2D eigenvalue weighted by molar-refractivity contribution is 5.81. The van der Waals surface area contributed by atoms with Gasteiger partial charge >= 0.3 is 5.97 Å².